The second-order valence-corrected chi connectivity index (χ2v) is 5.74. The molecule has 0 unspecified atom stereocenters. The first-order valence-corrected chi connectivity index (χ1v) is 7.83. The van der Waals surface area contributed by atoms with Crippen molar-refractivity contribution >= 4 is 34.3 Å². The Balaban J connectivity index is 1.75. The van der Waals surface area contributed by atoms with E-state index in [4.69, 9.17) is 16.9 Å². The van der Waals surface area contributed by atoms with Gasteiger partial charge in [0.15, 0.2) is 17.0 Å². The number of benzene rings is 2. The van der Waals surface area contributed by atoms with Crippen LogP contribution in [0.3, 0.4) is 0 Å². The van der Waals surface area contributed by atoms with Gasteiger partial charge in [-0.2, -0.15) is 5.26 Å². The van der Waals surface area contributed by atoms with E-state index in [0.717, 1.165) is 11.4 Å². The van der Waals surface area contributed by atoms with Crippen molar-refractivity contribution in [3.05, 3.63) is 71.8 Å². The summed E-state index contributed by atoms with van der Waals surface area (Å²) < 4.78 is 1.85. The van der Waals surface area contributed by atoms with Crippen LogP contribution in [0.1, 0.15) is 5.56 Å². The number of rotatable bonds is 3. The molecule has 0 aliphatic rings. The fraction of sp³-hybridized carbons (Fsp3) is 0. The molecular formula is C18H11ClN6. The average Bonchev–Trinajstić information content (AvgIpc) is 3.07. The van der Waals surface area contributed by atoms with Gasteiger partial charge < -0.3 is 5.32 Å². The molecule has 4 rings (SSSR count). The molecule has 2 aromatic carbocycles. The zero-order valence-corrected chi connectivity index (χ0v) is 13.6. The molecule has 0 saturated carbocycles. The Hall–Kier alpha value is -3.43. The number of fused-ring (bicyclic) bond motifs is 1. The molecule has 25 heavy (non-hydrogen) atoms. The summed E-state index contributed by atoms with van der Waals surface area (Å²) in [5.74, 6) is 0.593. The third kappa shape index (κ3) is 2.89. The van der Waals surface area contributed by atoms with E-state index >= 15 is 0 Å². The van der Waals surface area contributed by atoms with Gasteiger partial charge in [-0.25, -0.2) is 15.0 Å². The minimum atomic E-state index is 0.593. The van der Waals surface area contributed by atoms with Gasteiger partial charge in [0.2, 0.25) is 0 Å². The Morgan fingerprint density at radius 1 is 1.04 bits per heavy atom. The largest absolute Gasteiger partial charge is 0.338 e. The van der Waals surface area contributed by atoms with Gasteiger partial charge in [0.25, 0.3) is 0 Å². The first-order chi connectivity index (χ1) is 12.2. The number of nitrogens with zero attached hydrogens (tertiary/aromatic N) is 5. The molecule has 4 aromatic rings. The summed E-state index contributed by atoms with van der Waals surface area (Å²) in [5.41, 5.74) is 3.61. The molecule has 0 fully saturated rings. The summed E-state index contributed by atoms with van der Waals surface area (Å²) in [5, 5.41) is 12.7. The predicted molar refractivity (Wildman–Crippen MR) is 96.1 cm³/mol. The summed E-state index contributed by atoms with van der Waals surface area (Å²) in [6.07, 6.45) is 3.17. The van der Waals surface area contributed by atoms with E-state index in [-0.39, 0.29) is 0 Å². The lowest BCUT2D eigenvalue weighted by Crippen LogP contribution is -1.98. The first-order valence-electron chi connectivity index (χ1n) is 7.46. The van der Waals surface area contributed by atoms with Gasteiger partial charge in [0.1, 0.15) is 12.7 Å². The summed E-state index contributed by atoms with van der Waals surface area (Å²) in [7, 11) is 0. The molecule has 0 amide bonds. The van der Waals surface area contributed by atoms with Crippen molar-refractivity contribution in [1.82, 2.24) is 19.5 Å². The molecule has 7 heteroatoms. The number of anilines is 2. The van der Waals surface area contributed by atoms with Crippen molar-refractivity contribution in [2.24, 2.45) is 0 Å². The molecule has 120 valence electrons. The van der Waals surface area contributed by atoms with Gasteiger partial charge in [-0.1, -0.05) is 17.7 Å². The summed E-state index contributed by atoms with van der Waals surface area (Å²) in [6.45, 7) is 0. The quantitative estimate of drug-likeness (QED) is 0.604. The van der Waals surface area contributed by atoms with Crippen LogP contribution < -0.4 is 5.32 Å². The van der Waals surface area contributed by atoms with E-state index in [9.17, 15) is 0 Å². The van der Waals surface area contributed by atoms with Gasteiger partial charge >= 0.3 is 0 Å². The van der Waals surface area contributed by atoms with Gasteiger partial charge in [-0.05, 0) is 42.5 Å². The lowest BCUT2D eigenvalue weighted by molar-refractivity contribution is 1.06. The van der Waals surface area contributed by atoms with Crippen LogP contribution in [0.4, 0.5) is 11.5 Å². The van der Waals surface area contributed by atoms with Crippen molar-refractivity contribution in [3.8, 4) is 11.8 Å². The Bertz CT molecular complexity index is 1090. The molecule has 0 aliphatic heterocycles. The lowest BCUT2D eigenvalue weighted by Gasteiger charge is -2.07. The van der Waals surface area contributed by atoms with Crippen LogP contribution in [0.5, 0.6) is 0 Å². The van der Waals surface area contributed by atoms with Crippen LogP contribution in [0, 0.1) is 11.3 Å². The highest BCUT2D eigenvalue weighted by molar-refractivity contribution is 6.30. The molecule has 2 aromatic heterocycles. The summed E-state index contributed by atoms with van der Waals surface area (Å²) in [4.78, 5) is 13.1. The zero-order chi connectivity index (χ0) is 17.2. The Morgan fingerprint density at radius 2 is 1.88 bits per heavy atom. The number of aromatic nitrogens is 4. The van der Waals surface area contributed by atoms with Crippen molar-refractivity contribution < 1.29 is 0 Å². The van der Waals surface area contributed by atoms with Crippen molar-refractivity contribution in [1.29, 1.82) is 5.26 Å². The molecule has 0 saturated heterocycles. The standard InChI is InChI=1S/C18H11ClN6/c19-13-2-1-3-15(8-13)25-11-23-16-17(21-10-22-18(16)25)24-14-6-4-12(9-20)5-7-14/h1-8,10-11H,(H,21,22,24). The Morgan fingerprint density at radius 3 is 2.64 bits per heavy atom. The maximum atomic E-state index is 8.88. The highest BCUT2D eigenvalue weighted by atomic mass is 35.5. The van der Waals surface area contributed by atoms with Gasteiger partial charge in [0.05, 0.1) is 17.3 Å². The Labute approximate surface area is 148 Å². The molecule has 1 N–H and O–H groups in total. The van der Waals surface area contributed by atoms with Crippen molar-refractivity contribution in [3.63, 3.8) is 0 Å². The molecule has 6 nitrogen and oxygen atoms in total. The second-order valence-electron chi connectivity index (χ2n) is 5.30. The number of imidazole rings is 1. The topological polar surface area (TPSA) is 79.4 Å². The van der Waals surface area contributed by atoms with Gasteiger partial charge in [-0.15, -0.1) is 0 Å². The van der Waals surface area contributed by atoms with E-state index < -0.39 is 0 Å². The minimum Gasteiger partial charge on any atom is -0.338 e. The van der Waals surface area contributed by atoms with E-state index in [2.05, 4.69) is 26.3 Å². The van der Waals surface area contributed by atoms with Crippen molar-refractivity contribution in [2.45, 2.75) is 0 Å². The highest BCUT2D eigenvalue weighted by Crippen LogP contribution is 2.24. The predicted octanol–water partition coefficient (Wildman–Crippen LogP) is 4.08. The zero-order valence-electron chi connectivity index (χ0n) is 12.9. The van der Waals surface area contributed by atoms with Gasteiger partial charge in [-0.3, -0.25) is 4.57 Å². The third-order valence-electron chi connectivity index (χ3n) is 3.70. The highest BCUT2D eigenvalue weighted by Gasteiger charge is 2.11. The molecule has 0 aliphatic carbocycles. The van der Waals surface area contributed by atoms with Crippen LogP contribution in [0.2, 0.25) is 5.02 Å². The lowest BCUT2D eigenvalue weighted by atomic mass is 10.2. The molecule has 0 radical (unpaired) electrons. The number of nitrogens with one attached hydrogen (secondary N) is 1. The fourth-order valence-corrected chi connectivity index (χ4v) is 2.69. The second kappa shape index (κ2) is 6.23. The van der Waals surface area contributed by atoms with E-state index in [1.54, 1.807) is 18.5 Å². The smallest absolute Gasteiger partial charge is 0.170 e. The van der Waals surface area contributed by atoms with Gasteiger partial charge in [0, 0.05) is 10.7 Å². The van der Waals surface area contributed by atoms with E-state index in [0.29, 0.717) is 27.6 Å². The monoisotopic (exact) mass is 346 g/mol. The number of halogens is 1. The molecule has 0 spiro atoms. The van der Waals surface area contributed by atoms with Crippen molar-refractivity contribution in [2.75, 3.05) is 5.32 Å². The van der Waals surface area contributed by atoms with Crippen LogP contribution in [0.15, 0.2) is 61.2 Å². The third-order valence-corrected chi connectivity index (χ3v) is 3.93. The van der Waals surface area contributed by atoms with Crippen LogP contribution in [-0.2, 0) is 0 Å². The number of nitriles is 1. The van der Waals surface area contributed by atoms with Crippen LogP contribution in [0.25, 0.3) is 16.9 Å². The summed E-state index contributed by atoms with van der Waals surface area (Å²) in [6, 6.07) is 16.7. The number of hydrogen-bond acceptors (Lipinski definition) is 5. The van der Waals surface area contributed by atoms with E-state index in [1.807, 2.05) is 41.0 Å². The van der Waals surface area contributed by atoms with Crippen LogP contribution >= 0.6 is 11.6 Å². The summed E-state index contributed by atoms with van der Waals surface area (Å²) >= 11 is 6.07. The SMILES string of the molecule is N#Cc1ccc(Nc2ncnc3c2ncn3-c2cccc(Cl)c2)cc1. The minimum absolute atomic E-state index is 0.593. The van der Waals surface area contributed by atoms with E-state index in [1.165, 1.54) is 6.33 Å². The number of hydrogen-bond donors (Lipinski definition) is 1. The molecule has 0 atom stereocenters. The van der Waals surface area contributed by atoms with Crippen LogP contribution in [-0.4, -0.2) is 19.5 Å². The normalized spacial score (nSPS) is 10.6. The average molecular weight is 347 g/mol. The molecule has 0 bridgehead atoms. The first kappa shape index (κ1) is 15.1. The molecular weight excluding hydrogens is 336 g/mol. The molecule has 2 heterocycles. The maximum absolute atomic E-state index is 8.88. The Kier molecular flexibility index (Phi) is 3.77. The fourth-order valence-electron chi connectivity index (χ4n) is 2.51. The maximum Gasteiger partial charge on any atom is 0.170 e.